The fraction of sp³-hybridized carbons (Fsp3) is 0.129. The number of aromatic nitrogens is 3. The number of aryl methyl sites for hydroxylation is 1. The first kappa shape index (κ1) is 27.7. The molecule has 0 saturated heterocycles. The number of hydrogen-bond donors (Lipinski definition) is 1. The van der Waals surface area contributed by atoms with Crippen molar-refractivity contribution in [3.8, 4) is 5.69 Å². The molecular weight excluding hydrogens is 541 g/mol. The second kappa shape index (κ2) is 12.6. The van der Waals surface area contributed by atoms with Crippen molar-refractivity contribution in [3.05, 3.63) is 147 Å². The van der Waals surface area contributed by atoms with Crippen LogP contribution in [0.15, 0.2) is 108 Å². The topological polar surface area (TPSA) is 103 Å². The standard InChI is InChI=1S/C31H26FN5O3S/c1-21-7-15-26(16-8-21)36-29(34-35-31(36)41-20-23-9-13-25(32)14-10-23)28(19-22-5-3-2-4-6-22)33-30(38)24-11-17-27(18-12-24)37(39)40/h2-18,28H,19-20H2,1H3,(H,33,38). The molecule has 5 rings (SSSR count). The summed E-state index contributed by atoms with van der Waals surface area (Å²) in [4.78, 5) is 23.9. The van der Waals surface area contributed by atoms with Crippen molar-refractivity contribution in [2.24, 2.45) is 0 Å². The Balaban J connectivity index is 1.52. The van der Waals surface area contributed by atoms with E-state index in [-0.39, 0.29) is 17.4 Å². The van der Waals surface area contributed by atoms with E-state index in [2.05, 4.69) is 15.5 Å². The second-order valence-corrected chi connectivity index (χ2v) is 10.4. The van der Waals surface area contributed by atoms with Crippen LogP contribution in [0.3, 0.4) is 0 Å². The zero-order valence-corrected chi connectivity index (χ0v) is 22.9. The maximum Gasteiger partial charge on any atom is 0.269 e. The minimum atomic E-state index is -0.575. The van der Waals surface area contributed by atoms with Crippen molar-refractivity contribution >= 4 is 23.4 Å². The fourth-order valence-electron chi connectivity index (χ4n) is 4.30. The number of hydrogen-bond acceptors (Lipinski definition) is 6. The van der Waals surface area contributed by atoms with Gasteiger partial charge in [0, 0.05) is 29.1 Å². The summed E-state index contributed by atoms with van der Waals surface area (Å²) >= 11 is 1.46. The molecule has 1 aromatic heterocycles. The van der Waals surface area contributed by atoms with Crippen LogP contribution in [-0.4, -0.2) is 25.6 Å². The van der Waals surface area contributed by atoms with Crippen molar-refractivity contribution in [2.45, 2.75) is 30.3 Å². The molecule has 4 aromatic carbocycles. The molecule has 10 heteroatoms. The molecular formula is C31H26FN5O3S. The molecule has 8 nitrogen and oxygen atoms in total. The lowest BCUT2D eigenvalue weighted by Crippen LogP contribution is -2.32. The summed E-state index contributed by atoms with van der Waals surface area (Å²) in [5.74, 6) is 0.397. The first-order chi connectivity index (χ1) is 19.9. The molecule has 0 aliphatic carbocycles. The lowest BCUT2D eigenvalue weighted by atomic mass is 10.0. The zero-order valence-electron chi connectivity index (χ0n) is 22.1. The highest BCUT2D eigenvalue weighted by Crippen LogP contribution is 2.29. The smallest absolute Gasteiger partial charge is 0.269 e. The Labute approximate surface area is 240 Å². The molecule has 0 aliphatic rings. The summed E-state index contributed by atoms with van der Waals surface area (Å²) in [5, 5.41) is 23.8. The average Bonchev–Trinajstić information content (AvgIpc) is 3.41. The van der Waals surface area contributed by atoms with E-state index < -0.39 is 11.0 Å². The monoisotopic (exact) mass is 567 g/mol. The molecule has 0 radical (unpaired) electrons. The number of carbonyl (C=O) groups is 1. The van der Waals surface area contributed by atoms with Gasteiger partial charge in [0.2, 0.25) is 0 Å². The summed E-state index contributed by atoms with van der Waals surface area (Å²) in [6.07, 6.45) is 0.437. The molecule has 0 bridgehead atoms. The van der Waals surface area contributed by atoms with Crippen LogP contribution in [0.5, 0.6) is 0 Å². The summed E-state index contributed by atoms with van der Waals surface area (Å²) in [6, 6.07) is 28.9. The minimum Gasteiger partial charge on any atom is -0.342 e. The molecule has 1 amide bonds. The van der Waals surface area contributed by atoms with Gasteiger partial charge in [0.05, 0.1) is 11.0 Å². The van der Waals surface area contributed by atoms with E-state index in [0.29, 0.717) is 28.7 Å². The van der Waals surface area contributed by atoms with Gasteiger partial charge >= 0.3 is 0 Å². The van der Waals surface area contributed by atoms with E-state index in [0.717, 1.165) is 22.4 Å². The Bertz CT molecular complexity index is 1640. The number of rotatable bonds is 10. The molecule has 0 fully saturated rings. The number of non-ortho nitro benzene ring substituents is 1. The molecule has 0 aliphatic heterocycles. The van der Waals surface area contributed by atoms with Gasteiger partial charge in [0.25, 0.3) is 11.6 Å². The number of amides is 1. The van der Waals surface area contributed by atoms with Crippen LogP contribution < -0.4 is 5.32 Å². The average molecular weight is 568 g/mol. The van der Waals surface area contributed by atoms with E-state index in [9.17, 15) is 19.3 Å². The molecule has 1 heterocycles. The molecule has 1 atom stereocenters. The fourth-order valence-corrected chi connectivity index (χ4v) is 5.21. The largest absolute Gasteiger partial charge is 0.342 e. The van der Waals surface area contributed by atoms with Crippen molar-refractivity contribution in [2.75, 3.05) is 0 Å². The molecule has 1 N–H and O–H groups in total. The predicted octanol–water partition coefficient (Wildman–Crippen LogP) is 6.63. The Morgan fingerprint density at radius 1 is 0.927 bits per heavy atom. The van der Waals surface area contributed by atoms with E-state index in [4.69, 9.17) is 0 Å². The third kappa shape index (κ3) is 6.85. The minimum absolute atomic E-state index is 0.0932. The first-order valence-electron chi connectivity index (χ1n) is 12.9. The van der Waals surface area contributed by atoms with Gasteiger partial charge in [-0.3, -0.25) is 19.5 Å². The van der Waals surface area contributed by atoms with Crippen LogP contribution in [0, 0.1) is 22.9 Å². The number of nitro groups is 1. The molecule has 41 heavy (non-hydrogen) atoms. The van der Waals surface area contributed by atoms with Gasteiger partial charge in [-0.1, -0.05) is 71.9 Å². The van der Waals surface area contributed by atoms with Gasteiger partial charge in [0.15, 0.2) is 11.0 Å². The van der Waals surface area contributed by atoms with Crippen molar-refractivity contribution in [1.29, 1.82) is 0 Å². The highest BCUT2D eigenvalue weighted by molar-refractivity contribution is 7.98. The number of benzene rings is 4. The Morgan fingerprint density at radius 2 is 1.61 bits per heavy atom. The van der Waals surface area contributed by atoms with Gasteiger partial charge in [0.1, 0.15) is 5.82 Å². The molecule has 0 spiro atoms. The number of carbonyl (C=O) groups excluding carboxylic acids is 1. The van der Waals surface area contributed by atoms with Gasteiger partial charge in [-0.25, -0.2) is 4.39 Å². The number of nitrogens with one attached hydrogen (secondary N) is 1. The van der Waals surface area contributed by atoms with E-state index >= 15 is 0 Å². The van der Waals surface area contributed by atoms with E-state index in [1.807, 2.05) is 66.1 Å². The second-order valence-electron chi connectivity index (χ2n) is 9.45. The molecule has 5 aromatic rings. The van der Waals surface area contributed by atoms with Crippen LogP contribution in [0.2, 0.25) is 0 Å². The number of nitro benzene ring substituents is 1. The van der Waals surface area contributed by atoms with Crippen LogP contribution in [0.1, 0.15) is 38.9 Å². The summed E-state index contributed by atoms with van der Waals surface area (Å²) in [7, 11) is 0. The third-order valence-corrected chi connectivity index (χ3v) is 7.47. The number of nitrogens with zero attached hydrogens (tertiary/aromatic N) is 4. The lowest BCUT2D eigenvalue weighted by Gasteiger charge is -2.20. The van der Waals surface area contributed by atoms with Gasteiger partial charge in [-0.2, -0.15) is 0 Å². The maximum absolute atomic E-state index is 13.4. The van der Waals surface area contributed by atoms with E-state index in [1.165, 1.54) is 48.2 Å². The Hall–Kier alpha value is -4.83. The van der Waals surface area contributed by atoms with Crippen molar-refractivity contribution in [1.82, 2.24) is 20.1 Å². The SMILES string of the molecule is Cc1ccc(-n2c(SCc3ccc(F)cc3)nnc2C(Cc2ccccc2)NC(=O)c2ccc([N+](=O)[O-])cc2)cc1. The Kier molecular flexibility index (Phi) is 8.50. The highest BCUT2D eigenvalue weighted by atomic mass is 32.2. The summed E-state index contributed by atoms with van der Waals surface area (Å²) < 4.78 is 15.4. The third-order valence-electron chi connectivity index (χ3n) is 6.47. The molecule has 0 saturated carbocycles. The van der Waals surface area contributed by atoms with Crippen molar-refractivity contribution < 1.29 is 14.1 Å². The normalized spacial score (nSPS) is 11.7. The van der Waals surface area contributed by atoms with Crippen LogP contribution in [0.25, 0.3) is 5.69 Å². The predicted molar refractivity (Wildman–Crippen MR) is 156 cm³/mol. The molecule has 206 valence electrons. The zero-order chi connectivity index (χ0) is 28.8. The van der Waals surface area contributed by atoms with Crippen LogP contribution >= 0.6 is 11.8 Å². The van der Waals surface area contributed by atoms with Crippen molar-refractivity contribution in [3.63, 3.8) is 0 Å². The van der Waals surface area contributed by atoms with Crippen LogP contribution in [0.4, 0.5) is 10.1 Å². The quantitative estimate of drug-likeness (QED) is 0.115. The number of halogens is 1. The van der Waals surface area contributed by atoms with Gasteiger partial charge in [-0.15, -0.1) is 10.2 Å². The van der Waals surface area contributed by atoms with Gasteiger partial charge < -0.3 is 5.32 Å². The Morgan fingerprint density at radius 3 is 2.27 bits per heavy atom. The van der Waals surface area contributed by atoms with Crippen LogP contribution in [-0.2, 0) is 12.2 Å². The first-order valence-corrected chi connectivity index (χ1v) is 13.8. The molecule has 1 unspecified atom stereocenters. The van der Waals surface area contributed by atoms with Gasteiger partial charge in [-0.05, 0) is 60.9 Å². The lowest BCUT2D eigenvalue weighted by molar-refractivity contribution is -0.384. The maximum atomic E-state index is 13.4. The highest BCUT2D eigenvalue weighted by Gasteiger charge is 2.25. The number of thioether (sulfide) groups is 1. The van der Waals surface area contributed by atoms with E-state index in [1.54, 1.807) is 12.1 Å². The summed E-state index contributed by atoms with van der Waals surface area (Å²) in [6.45, 7) is 2.00. The summed E-state index contributed by atoms with van der Waals surface area (Å²) in [5.41, 5.74) is 4.05.